The van der Waals surface area contributed by atoms with Crippen LogP contribution in [0.2, 0.25) is 0 Å². The lowest BCUT2D eigenvalue weighted by Crippen LogP contribution is -1.81. The van der Waals surface area contributed by atoms with Crippen LogP contribution in [0.3, 0.4) is 0 Å². The Morgan fingerprint density at radius 3 is 2.80 bits per heavy atom. The molecule has 0 aromatic heterocycles. The minimum absolute atomic E-state index is 1.09. The molecule has 1 nitrogen and oxygen atoms in total. The summed E-state index contributed by atoms with van der Waals surface area (Å²) in [5, 5.41) is 0. The van der Waals surface area contributed by atoms with E-state index in [1.165, 1.54) is 12.2 Å². The Labute approximate surface area is 36.3 Å². The molecule has 0 unspecified atom stereocenters. The van der Waals surface area contributed by atoms with E-state index >= 15 is 0 Å². The predicted octanol–water partition coefficient (Wildman–Crippen LogP) is 0.643. The average molecular weight is 88.2 g/mol. The molecule has 0 bridgehead atoms. The van der Waals surface area contributed by atoms with Gasteiger partial charge in [0.15, 0.2) is 0 Å². The maximum atomic E-state index is 4.00. The summed E-state index contributed by atoms with van der Waals surface area (Å²) in [4.78, 5) is 0. The van der Waals surface area contributed by atoms with Gasteiger partial charge < -0.3 is 0 Å². The van der Waals surface area contributed by atoms with Crippen molar-refractivity contribution >= 4 is 11.9 Å². The molecule has 1 rings (SSSR count). The van der Waals surface area contributed by atoms with E-state index in [-0.39, 0.29) is 0 Å². The summed E-state index contributed by atoms with van der Waals surface area (Å²) in [5.41, 5.74) is 0. The van der Waals surface area contributed by atoms with Crippen molar-refractivity contribution in [3.05, 3.63) is 0 Å². The van der Waals surface area contributed by atoms with E-state index in [0.717, 1.165) is 6.54 Å². The van der Waals surface area contributed by atoms with Gasteiger partial charge in [0.25, 0.3) is 0 Å². The van der Waals surface area contributed by atoms with E-state index < -0.39 is 0 Å². The molecule has 1 heterocycles. The van der Waals surface area contributed by atoms with Gasteiger partial charge in [-0.05, 0) is 6.42 Å². The molecule has 29 valence electrons. The minimum atomic E-state index is 1.09. The lowest BCUT2D eigenvalue weighted by atomic mass is 10.5. The van der Waals surface area contributed by atoms with Gasteiger partial charge in [0, 0.05) is 12.3 Å². The van der Waals surface area contributed by atoms with E-state index in [0.29, 0.717) is 0 Å². The molecule has 1 aliphatic heterocycles. The molecule has 2 heteroatoms. The van der Waals surface area contributed by atoms with Gasteiger partial charge in [-0.1, -0.05) is 11.9 Å². The minimum Gasteiger partial charge on any atom is -0.175 e. The van der Waals surface area contributed by atoms with Crippen molar-refractivity contribution in [3.63, 3.8) is 0 Å². The molecule has 1 saturated heterocycles. The van der Waals surface area contributed by atoms with Gasteiger partial charge in [-0.3, -0.25) is 0 Å². The zero-order chi connectivity index (χ0) is 3.54. The van der Waals surface area contributed by atoms with E-state index in [1.807, 2.05) is 0 Å². The van der Waals surface area contributed by atoms with Gasteiger partial charge >= 0.3 is 0 Å². The van der Waals surface area contributed by atoms with Crippen molar-refractivity contribution in [2.45, 2.75) is 6.42 Å². The van der Waals surface area contributed by atoms with Gasteiger partial charge in [0.2, 0.25) is 0 Å². The molecule has 0 atom stereocenters. The third-order valence-corrected chi connectivity index (χ3v) is 1.41. The van der Waals surface area contributed by atoms with Gasteiger partial charge in [0.05, 0.1) is 0 Å². The Morgan fingerprint density at radius 1 is 1.60 bits per heavy atom. The van der Waals surface area contributed by atoms with Crippen molar-refractivity contribution in [3.8, 4) is 0 Å². The fourth-order valence-corrected chi connectivity index (χ4v) is 0.968. The summed E-state index contributed by atoms with van der Waals surface area (Å²) in [7, 11) is 0. The molecule has 0 aliphatic carbocycles. The van der Waals surface area contributed by atoms with Crippen LogP contribution < -0.4 is 4.72 Å². The van der Waals surface area contributed by atoms with Crippen molar-refractivity contribution in [1.82, 2.24) is 4.72 Å². The maximum Gasteiger partial charge on any atom is 0.0264 e. The van der Waals surface area contributed by atoms with Crippen LogP contribution in [0.15, 0.2) is 0 Å². The molecule has 0 aromatic carbocycles. The lowest BCUT2D eigenvalue weighted by Gasteiger charge is -1.70. The molecule has 1 fully saturated rings. The summed E-state index contributed by atoms with van der Waals surface area (Å²) in [6.07, 6.45) is 1.30. The highest BCUT2D eigenvalue weighted by atomic mass is 32.2. The first-order valence-electron chi connectivity index (χ1n) is 1.79. The number of rotatable bonds is 0. The molecule has 5 heavy (non-hydrogen) atoms. The molecular weight excluding hydrogens is 82.1 g/mol. The molecule has 1 radical (unpaired) electrons. The molecule has 0 aromatic rings. The van der Waals surface area contributed by atoms with E-state index in [2.05, 4.69) is 4.72 Å². The van der Waals surface area contributed by atoms with Crippen LogP contribution in [0.5, 0.6) is 0 Å². The largest absolute Gasteiger partial charge is 0.175 e. The topological polar surface area (TPSA) is 14.1 Å². The van der Waals surface area contributed by atoms with Gasteiger partial charge in [-0.15, -0.1) is 0 Å². The molecule has 0 saturated carbocycles. The van der Waals surface area contributed by atoms with Crippen LogP contribution in [0.4, 0.5) is 0 Å². The molecule has 0 spiro atoms. The maximum absolute atomic E-state index is 4.00. The van der Waals surface area contributed by atoms with Crippen molar-refractivity contribution in [1.29, 1.82) is 0 Å². The smallest absolute Gasteiger partial charge is 0.0264 e. The van der Waals surface area contributed by atoms with E-state index in [4.69, 9.17) is 0 Å². The van der Waals surface area contributed by atoms with Crippen molar-refractivity contribution in [2.24, 2.45) is 0 Å². The normalized spacial score (nSPS) is 24.0. The standard InChI is InChI=1S/C3H6NS/c1-2-4-5-3-1/h1-3H2. The first-order chi connectivity index (χ1) is 2.50. The van der Waals surface area contributed by atoms with Gasteiger partial charge in [-0.25, -0.2) is 0 Å². The highest BCUT2D eigenvalue weighted by Crippen LogP contribution is 2.05. The summed E-state index contributed by atoms with van der Waals surface area (Å²) < 4.78 is 4.00. The molecular formula is C3H6NS. The Morgan fingerprint density at radius 2 is 2.60 bits per heavy atom. The average Bonchev–Trinajstić information content (AvgIpc) is 1.76. The Kier molecular flexibility index (Phi) is 1.17. The van der Waals surface area contributed by atoms with Crippen LogP contribution in [-0.2, 0) is 0 Å². The fourth-order valence-electron chi connectivity index (χ4n) is 0.323. The van der Waals surface area contributed by atoms with E-state index in [1.54, 1.807) is 11.9 Å². The third kappa shape index (κ3) is 0.816. The SMILES string of the molecule is C1C[N]SC1. The second kappa shape index (κ2) is 1.67. The highest BCUT2D eigenvalue weighted by molar-refractivity contribution is 7.97. The second-order valence-corrected chi connectivity index (χ2v) is 1.96. The monoisotopic (exact) mass is 88.0 g/mol. The van der Waals surface area contributed by atoms with Crippen LogP contribution in [0, 0.1) is 0 Å². The molecule has 0 N–H and O–H groups in total. The summed E-state index contributed by atoms with van der Waals surface area (Å²) in [5.74, 6) is 1.25. The summed E-state index contributed by atoms with van der Waals surface area (Å²) in [6, 6.07) is 0. The fraction of sp³-hybridized carbons (Fsp3) is 1.00. The van der Waals surface area contributed by atoms with Gasteiger partial charge in [-0.2, -0.15) is 4.72 Å². The third-order valence-electron chi connectivity index (χ3n) is 0.576. The molecule has 0 amide bonds. The number of hydrogen-bond donors (Lipinski definition) is 0. The second-order valence-electron chi connectivity index (χ2n) is 1.04. The van der Waals surface area contributed by atoms with E-state index in [9.17, 15) is 0 Å². The van der Waals surface area contributed by atoms with Crippen molar-refractivity contribution in [2.75, 3.05) is 12.3 Å². The van der Waals surface area contributed by atoms with Crippen LogP contribution >= 0.6 is 11.9 Å². The van der Waals surface area contributed by atoms with Crippen molar-refractivity contribution < 1.29 is 0 Å². The predicted molar refractivity (Wildman–Crippen MR) is 24.1 cm³/mol. The van der Waals surface area contributed by atoms with Crippen LogP contribution in [-0.4, -0.2) is 12.3 Å². The lowest BCUT2D eigenvalue weighted by molar-refractivity contribution is 0.930. The molecule has 1 aliphatic rings. The first kappa shape index (κ1) is 3.50. The zero-order valence-electron chi connectivity index (χ0n) is 2.98. The Hall–Kier alpha value is 0.310. The Bertz CT molecular complexity index is 18.5. The Balaban J connectivity index is 2.08. The summed E-state index contributed by atoms with van der Waals surface area (Å²) in [6.45, 7) is 1.09. The number of nitrogens with zero attached hydrogens (tertiary/aromatic N) is 1. The quantitative estimate of drug-likeness (QED) is 0.396. The first-order valence-corrected chi connectivity index (χ1v) is 2.73. The van der Waals surface area contributed by atoms with Gasteiger partial charge in [0.1, 0.15) is 0 Å². The van der Waals surface area contributed by atoms with Crippen LogP contribution in [0.25, 0.3) is 0 Å². The summed E-state index contributed by atoms with van der Waals surface area (Å²) >= 11 is 1.70. The highest BCUT2D eigenvalue weighted by Gasteiger charge is 1.96. The van der Waals surface area contributed by atoms with Crippen LogP contribution in [0.1, 0.15) is 6.42 Å². The zero-order valence-corrected chi connectivity index (χ0v) is 3.79. The number of hydrogen-bond acceptors (Lipinski definition) is 1.